The SMILES string of the molecule is COC(=O)C(NC(=O)CC12CC3CC(CC(C3)C1)C2)C(C)C. The number of hydrogen-bond donors (Lipinski definition) is 1. The van der Waals surface area contributed by atoms with Gasteiger partial charge in [0.25, 0.3) is 0 Å². The third-order valence-electron chi connectivity index (χ3n) is 6.14. The zero-order valence-electron chi connectivity index (χ0n) is 14.1. The predicted octanol–water partition coefficient (Wildman–Crippen LogP) is 2.91. The molecular formula is C18H29NO3. The van der Waals surface area contributed by atoms with E-state index in [0.29, 0.717) is 6.42 Å². The maximum absolute atomic E-state index is 12.5. The van der Waals surface area contributed by atoms with E-state index in [-0.39, 0.29) is 23.2 Å². The highest BCUT2D eigenvalue weighted by molar-refractivity contribution is 5.85. The molecule has 1 N–H and O–H groups in total. The minimum atomic E-state index is -0.522. The van der Waals surface area contributed by atoms with Gasteiger partial charge < -0.3 is 10.1 Å². The van der Waals surface area contributed by atoms with Crippen molar-refractivity contribution in [3.63, 3.8) is 0 Å². The van der Waals surface area contributed by atoms with Crippen LogP contribution in [0, 0.1) is 29.1 Å². The Balaban J connectivity index is 1.63. The molecular weight excluding hydrogens is 278 g/mol. The first-order valence-electron chi connectivity index (χ1n) is 8.78. The highest BCUT2D eigenvalue weighted by atomic mass is 16.5. The van der Waals surface area contributed by atoms with Crippen molar-refractivity contribution in [1.29, 1.82) is 0 Å². The van der Waals surface area contributed by atoms with Gasteiger partial charge >= 0.3 is 5.97 Å². The predicted molar refractivity (Wildman–Crippen MR) is 84.0 cm³/mol. The molecule has 0 saturated heterocycles. The summed E-state index contributed by atoms with van der Waals surface area (Å²) in [6.07, 6.45) is 8.41. The molecule has 4 bridgehead atoms. The summed E-state index contributed by atoms with van der Waals surface area (Å²) in [5.41, 5.74) is 0.219. The minimum Gasteiger partial charge on any atom is -0.467 e. The molecule has 0 aliphatic heterocycles. The van der Waals surface area contributed by atoms with Crippen molar-refractivity contribution in [2.75, 3.05) is 7.11 Å². The van der Waals surface area contributed by atoms with Crippen LogP contribution < -0.4 is 5.32 Å². The van der Waals surface area contributed by atoms with Crippen molar-refractivity contribution in [2.24, 2.45) is 29.1 Å². The smallest absolute Gasteiger partial charge is 0.328 e. The summed E-state index contributed by atoms with van der Waals surface area (Å²) in [4.78, 5) is 24.4. The lowest BCUT2D eigenvalue weighted by Gasteiger charge is -2.56. The molecule has 4 nitrogen and oxygen atoms in total. The summed E-state index contributed by atoms with van der Waals surface area (Å²) in [5, 5.41) is 2.93. The highest BCUT2D eigenvalue weighted by Crippen LogP contribution is 2.61. The topological polar surface area (TPSA) is 55.4 Å². The number of ether oxygens (including phenoxy) is 1. The van der Waals surface area contributed by atoms with Crippen molar-refractivity contribution in [3.05, 3.63) is 0 Å². The fourth-order valence-electron chi connectivity index (χ4n) is 5.70. The van der Waals surface area contributed by atoms with Gasteiger partial charge in [0.2, 0.25) is 5.91 Å². The van der Waals surface area contributed by atoms with E-state index < -0.39 is 6.04 Å². The summed E-state index contributed by atoms with van der Waals surface area (Å²) >= 11 is 0. The van der Waals surface area contributed by atoms with Crippen LogP contribution in [0.2, 0.25) is 0 Å². The zero-order chi connectivity index (χ0) is 15.9. The number of hydrogen-bond acceptors (Lipinski definition) is 3. The lowest BCUT2D eigenvalue weighted by Crippen LogP contribution is -2.50. The van der Waals surface area contributed by atoms with Gasteiger partial charge in [0, 0.05) is 6.42 Å². The normalized spacial score (nSPS) is 37.2. The van der Waals surface area contributed by atoms with Crippen LogP contribution in [-0.4, -0.2) is 25.0 Å². The Morgan fingerprint density at radius 1 is 1.09 bits per heavy atom. The molecule has 0 spiro atoms. The number of methoxy groups -OCH3 is 1. The van der Waals surface area contributed by atoms with Gasteiger partial charge in [-0.1, -0.05) is 13.8 Å². The van der Waals surface area contributed by atoms with Crippen LogP contribution >= 0.6 is 0 Å². The summed E-state index contributed by atoms with van der Waals surface area (Å²) in [6, 6.07) is -0.522. The van der Waals surface area contributed by atoms with Crippen LogP contribution in [0.1, 0.15) is 58.8 Å². The zero-order valence-corrected chi connectivity index (χ0v) is 14.1. The molecule has 0 radical (unpaired) electrons. The van der Waals surface area contributed by atoms with Gasteiger partial charge in [0.1, 0.15) is 6.04 Å². The van der Waals surface area contributed by atoms with Crippen LogP contribution in [-0.2, 0) is 14.3 Å². The Kier molecular flexibility index (Phi) is 4.21. The molecule has 4 fully saturated rings. The van der Waals surface area contributed by atoms with Crippen molar-refractivity contribution in [2.45, 2.75) is 64.8 Å². The first kappa shape index (κ1) is 15.8. The van der Waals surface area contributed by atoms with E-state index in [1.54, 1.807) is 0 Å². The average molecular weight is 307 g/mol. The van der Waals surface area contributed by atoms with Crippen LogP contribution in [0.3, 0.4) is 0 Å². The lowest BCUT2D eigenvalue weighted by molar-refractivity contribution is -0.147. The molecule has 0 aromatic heterocycles. The quantitative estimate of drug-likeness (QED) is 0.795. The van der Waals surface area contributed by atoms with Gasteiger partial charge in [0.05, 0.1) is 7.11 Å². The molecule has 4 aliphatic rings. The number of nitrogens with one attached hydrogen (secondary N) is 1. The molecule has 4 saturated carbocycles. The summed E-state index contributed by atoms with van der Waals surface area (Å²) in [5.74, 6) is 2.29. The Hall–Kier alpha value is -1.06. The van der Waals surface area contributed by atoms with Crippen molar-refractivity contribution < 1.29 is 14.3 Å². The standard InChI is InChI=1S/C18H29NO3/c1-11(2)16(17(21)22-3)19-15(20)10-18-7-12-4-13(8-18)6-14(5-12)9-18/h11-14,16H,4-10H2,1-3H3,(H,19,20). The molecule has 1 amide bonds. The lowest BCUT2D eigenvalue weighted by atomic mass is 9.49. The number of esters is 1. The van der Waals surface area contributed by atoms with Crippen LogP contribution in [0.4, 0.5) is 0 Å². The van der Waals surface area contributed by atoms with E-state index in [9.17, 15) is 9.59 Å². The van der Waals surface area contributed by atoms with E-state index in [1.807, 2.05) is 13.8 Å². The third kappa shape index (κ3) is 3.02. The molecule has 0 heterocycles. The molecule has 4 rings (SSSR count). The third-order valence-corrected chi connectivity index (χ3v) is 6.14. The Morgan fingerprint density at radius 3 is 2.00 bits per heavy atom. The van der Waals surface area contributed by atoms with Crippen LogP contribution in [0.5, 0.6) is 0 Å². The number of carbonyl (C=O) groups excluding carboxylic acids is 2. The van der Waals surface area contributed by atoms with E-state index >= 15 is 0 Å². The van der Waals surface area contributed by atoms with E-state index in [1.165, 1.54) is 45.6 Å². The van der Waals surface area contributed by atoms with Crippen LogP contribution in [0.15, 0.2) is 0 Å². The monoisotopic (exact) mass is 307 g/mol. The highest BCUT2D eigenvalue weighted by Gasteiger charge is 2.51. The molecule has 0 aromatic rings. The largest absolute Gasteiger partial charge is 0.467 e. The number of rotatable bonds is 5. The first-order valence-corrected chi connectivity index (χ1v) is 8.78. The second kappa shape index (κ2) is 5.86. The molecule has 4 heteroatoms. The fourth-order valence-corrected chi connectivity index (χ4v) is 5.70. The first-order chi connectivity index (χ1) is 10.4. The fraction of sp³-hybridized carbons (Fsp3) is 0.889. The minimum absolute atomic E-state index is 0.0334. The Bertz CT molecular complexity index is 422. The average Bonchev–Trinajstić information content (AvgIpc) is 2.41. The van der Waals surface area contributed by atoms with E-state index in [2.05, 4.69) is 5.32 Å². The number of amides is 1. The van der Waals surface area contributed by atoms with Gasteiger partial charge in [-0.25, -0.2) is 4.79 Å². The summed E-state index contributed by atoms with van der Waals surface area (Å²) in [7, 11) is 1.38. The van der Waals surface area contributed by atoms with Crippen molar-refractivity contribution >= 4 is 11.9 Å². The maximum atomic E-state index is 12.5. The van der Waals surface area contributed by atoms with Gasteiger partial charge in [0.15, 0.2) is 0 Å². The molecule has 0 aromatic carbocycles. The Morgan fingerprint density at radius 2 is 1.59 bits per heavy atom. The van der Waals surface area contributed by atoms with Crippen molar-refractivity contribution in [1.82, 2.24) is 5.32 Å². The van der Waals surface area contributed by atoms with E-state index in [4.69, 9.17) is 4.74 Å². The second-order valence-electron chi connectivity index (χ2n) is 8.41. The number of carbonyl (C=O) groups is 2. The van der Waals surface area contributed by atoms with Crippen LogP contribution in [0.25, 0.3) is 0 Å². The van der Waals surface area contributed by atoms with E-state index in [0.717, 1.165) is 17.8 Å². The second-order valence-corrected chi connectivity index (χ2v) is 8.41. The molecule has 4 aliphatic carbocycles. The molecule has 1 atom stereocenters. The van der Waals surface area contributed by atoms with Gasteiger partial charge in [-0.05, 0) is 67.6 Å². The van der Waals surface area contributed by atoms with Gasteiger partial charge in [-0.3, -0.25) is 4.79 Å². The molecule has 124 valence electrons. The summed E-state index contributed by atoms with van der Waals surface area (Å²) in [6.45, 7) is 3.87. The van der Waals surface area contributed by atoms with Crippen molar-refractivity contribution in [3.8, 4) is 0 Å². The van der Waals surface area contributed by atoms with Gasteiger partial charge in [-0.2, -0.15) is 0 Å². The molecule has 22 heavy (non-hydrogen) atoms. The Labute approximate surface area is 133 Å². The van der Waals surface area contributed by atoms with Gasteiger partial charge in [-0.15, -0.1) is 0 Å². The molecule has 1 unspecified atom stereocenters. The summed E-state index contributed by atoms with van der Waals surface area (Å²) < 4.78 is 4.81. The maximum Gasteiger partial charge on any atom is 0.328 e.